The lowest BCUT2D eigenvalue weighted by Gasteiger charge is -2.33. The van der Waals surface area contributed by atoms with Crippen molar-refractivity contribution in [3.05, 3.63) is 23.9 Å². The van der Waals surface area contributed by atoms with Crippen molar-refractivity contribution >= 4 is 11.6 Å². The van der Waals surface area contributed by atoms with E-state index in [1.165, 1.54) is 19.3 Å². The van der Waals surface area contributed by atoms with Gasteiger partial charge in [-0.1, -0.05) is 13.3 Å². The first-order valence-electron chi connectivity index (χ1n) is 6.43. The molecule has 0 amide bonds. The van der Waals surface area contributed by atoms with E-state index < -0.39 is 0 Å². The van der Waals surface area contributed by atoms with Crippen molar-refractivity contribution in [3.63, 3.8) is 0 Å². The Morgan fingerprint density at radius 1 is 1.47 bits per heavy atom. The summed E-state index contributed by atoms with van der Waals surface area (Å²) in [4.78, 5) is 18.2. The van der Waals surface area contributed by atoms with Crippen LogP contribution in [0.15, 0.2) is 18.3 Å². The molecule has 1 aromatic heterocycles. The van der Waals surface area contributed by atoms with E-state index in [1.54, 1.807) is 13.1 Å². The van der Waals surface area contributed by atoms with Crippen LogP contribution in [0.5, 0.6) is 0 Å². The third-order valence-electron chi connectivity index (χ3n) is 3.66. The molecule has 0 radical (unpaired) electrons. The number of aromatic nitrogens is 1. The van der Waals surface area contributed by atoms with Crippen LogP contribution >= 0.6 is 0 Å². The first-order chi connectivity index (χ1) is 8.22. The normalized spacial score (nSPS) is 17.2. The molecular weight excluding hydrogens is 212 g/mol. The molecule has 3 nitrogen and oxygen atoms in total. The summed E-state index contributed by atoms with van der Waals surface area (Å²) >= 11 is 0. The van der Waals surface area contributed by atoms with Gasteiger partial charge in [0.05, 0.1) is 5.56 Å². The van der Waals surface area contributed by atoms with Gasteiger partial charge in [-0.15, -0.1) is 0 Å². The second-order valence-corrected chi connectivity index (χ2v) is 4.77. The van der Waals surface area contributed by atoms with E-state index in [2.05, 4.69) is 16.8 Å². The zero-order chi connectivity index (χ0) is 12.3. The fraction of sp³-hybridized carbons (Fsp3) is 0.571. The molecule has 0 bridgehead atoms. The maximum Gasteiger partial charge on any atom is 0.163 e. The molecule has 1 aliphatic rings. The molecule has 1 saturated heterocycles. The topological polar surface area (TPSA) is 33.2 Å². The van der Waals surface area contributed by atoms with Gasteiger partial charge in [-0.2, -0.15) is 0 Å². The molecule has 0 aliphatic carbocycles. The van der Waals surface area contributed by atoms with Crippen LogP contribution in [-0.4, -0.2) is 23.9 Å². The predicted molar refractivity (Wildman–Crippen MR) is 69.5 cm³/mol. The number of rotatable bonds is 3. The molecule has 17 heavy (non-hydrogen) atoms. The Morgan fingerprint density at radius 3 is 2.76 bits per heavy atom. The standard InChI is InChI=1S/C14H20N2O/c1-3-12-6-9-16(10-7-12)14-13(11(2)17)5-4-8-15-14/h4-5,8,12H,3,6-7,9-10H2,1-2H3. The van der Waals surface area contributed by atoms with Gasteiger partial charge in [-0.3, -0.25) is 4.79 Å². The minimum absolute atomic E-state index is 0.103. The van der Waals surface area contributed by atoms with Crippen molar-refractivity contribution in [3.8, 4) is 0 Å². The quantitative estimate of drug-likeness (QED) is 0.751. The number of carbonyl (C=O) groups excluding carboxylic acids is 1. The SMILES string of the molecule is CCC1CCN(c2ncccc2C(C)=O)CC1. The molecule has 2 heterocycles. The highest BCUT2D eigenvalue weighted by molar-refractivity contribution is 5.98. The van der Waals surface area contributed by atoms with E-state index >= 15 is 0 Å². The van der Waals surface area contributed by atoms with Crippen LogP contribution < -0.4 is 4.90 Å². The van der Waals surface area contributed by atoms with Gasteiger partial charge < -0.3 is 4.90 Å². The van der Waals surface area contributed by atoms with E-state index in [-0.39, 0.29) is 5.78 Å². The van der Waals surface area contributed by atoms with Gasteiger partial charge in [0.1, 0.15) is 5.82 Å². The third-order valence-corrected chi connectivity index (χ3v) is 3.66. The van der Waals surface area contributed by atoms with Gasteiger partial charge in [-0.25, -0.2) is 4.98 Å². The van der Waals surface area contributed by atoms with E-state index in [9.17, 15) is 4.79 Å². The summed E-state index contributed by atoms with van der Waals surface area (Å²) in [5.74, 6) is 1.82. The van der Waals surface area contributed by atoms with Crippen molar-refractivity contribution in [2.24, 2.45) is 5.92 Å². The molecule has 1 fully saturated rings. The first kappa shape index (κ1) is 12.1. The molecule has 3 heteroatoms. The summed E-state index contributed by atoms with van der Waals surface area (Å²) in [5.41, 5.74) is 0.752. The monoisotopic (exact) mass is 232 g/mol. The lowest BCUT2D eigenvalue weighted by atomic mass is 9.94. The van der Waals surface area contributed by atoms with Gasteiger partial charge >= 0.3 is 0 Å². The Kier molecular flexibility index (Phi) is 3.77. The van der Waals surface area contributed by atoms with Crippen molar-refractivity contribution in [1.29, 1.82) is 0 Å². The number of piperidine rings is 1. The van der Waals surface area contributed by atoms with Gasteiger partial charge in [-0.05, 0) is 37.8 Å². The summed E-state index contributed by atoms with van der Waals surface area (Å²) in [6.07, 6.45) is 5.46. The van der Waals surface area contributed by atoms with Crippen molar-refractivity contribution in [2.45, 2.75) is 33.1 Å². The van der Waals surface area contributed by atoms with Crippen molar-refractivity contribution in [2.75, 3.05) is 18.0 Å². The third kappa shape index (κ3) is 2.65. The van der Waals surface area contributed by atoms with E-state index in [1.807, 2.05) is 12.1 Å². The van der Waals surface area contributed by atoms with Crippen LogP contribution in [0.1, 0.15) is 43.5 Å². The van der Waals surface area contributed by atoms with Crippen molar-refractivity contribution < 1.29 is 4.79 Å². The molecule has 0 aromatic carbocycles. The Hall–Kier alpha value is -1.38. The van der Waals surface area contributed by atoms with Gasteiger partial charge in [0.2, 0.25) is 0 Å². The molecule has 2 rings (SSSR count). The first-order valence-corrected chi connectivity index (χ1v) is 6.43. The molecule has 0 unspecified atom stereocenters. The zero-order valence-electron chi connectivity index (χ0n) is 10.6. The number of anilines is 1. The van der Waals surface area contributed by atoms with Crippen molar-refractivity contribution in [1.82, 2.24) is 4.98 Å². The van der Waals surface area contributed by atoms with Gasteiger partial charge in [0.25, 0.3) is 0 Å². The van der Waals surface area contributed by atoms with Crippen LogP contribution in [0.4, 0.5) is 5.82 Å². The molecule has 0 atom stereocenters. The Labute approximate surface area is 103 Å². The maximum atomic E-state index is 11.6. The highest BCUT2D eigenvalue weighted by atomic mass is 16.1. The largest absolute Gasteiger partial charge is 0.356 e. The summed E-state index contributed by atoms with van der Waals surface area (Å²) in [5, 5.41) is 0. The molecule has 1 aliphatic heterocycles. The maximum absolute atomic E-state index is 11.6. The minimum Gasteiger partial charge on any atom is -0.356 e. The Morgan fingerprint density at radius 2 is 2.18 bits per heavy atom. The number of hydrogen-bond donors (Lipinski definition) is 0. The molecule has 92 valence electrons. The zero-order valence-corrected chi connectivity index (χ0v) is 10.6. The Balaban J connectivity index is 2.15. The molecule has 0 N–H and O–H groups in total. The molecular formula is C14H20N2O. The number of carbonyl (C=O) groups is 1. The molecule has 0 spiro atoms. The number of Topliss-reactive ketones (excluding diaryl/α,β-unsaturated/α-hetero) is 1. The summed E-state index contributed by atoms with van der Waals surface area (Å²) in [7, 11) is 0. The Bertz CT molecular complexity index is 395. The van der Waals surface area contributed by atoms with Crippen LogP contribution in [-0.2, 0) is 0 Å². The van der Waals surface area contributed by atoms with Gasteiger partial charge in [0.15, 0.2) is 5.78 Å². The van der Waals surface area contributed by atoms with Crippen LogP contribution in [0.3, 0.4) is 0 Å². The fourth-order valence-electron chi connectivity index (χ4n) is 2.48. The van der Waals surface area contributed by atoms with E-state index in [4.69, 9.17) is 0 Å². The lowest BCUT2D eigenvalue weighted by molar-refractivity contribution is 0.101. The summed E-state index contributed by atoms with van der Waals surface area (Å²) in [6.45, 7) is 5.91. The van der Waals surface area contributed by atoms with Gasteiger partial charge in [0, 0.05) is 19.3 Å². The lowest BCUT2D eigenvalue weighted by Crippen LogP contribution is -2.35. The second-order valence-electron chi connectivity index (χ2n) is 4.77. The average Bonchev–Trinajstić information content (AvgIpc) is 2.39. The van der Waals surface area contributed by atoms with Crippen LogP contribution in [0.25, 0.3) is 0 Å². The summed E-state index contributed by atoms with van der Waals surface area (Å²) < 4.78 is 0. The highest BCUT2D eigenvalue weighted by Gasteiger charge is 2.21. The minimum atomic E-state index is 0.103. The molecule has 0 saturated carbocycles. The predicted octanol–water partition coefficient (Wildman–Crippen LogP) is 2.91. The number of hydrogen-bond acceptors (Lipinski definition) is 3. The summed E-state index contributed by atoms with van der Waals surface area (Å²) in [6, 6.07) is 3.70. The second kappa shape index (κ2) is 5.30. The number of pyridine rings is 1. The smallest absolute Gasteiger partial charge is 0.163 e. The van der Waals surface area contributed by atoms with Crippen LogP contribution in [0.2, 0.25) is 0 Å². The number of ketones is 1. The number of nitrogens with zero attached hydrogens (tertiary/aromatic N) is 2. The highest BCUT2D eigenvalue weighted by Crippen LogP contribution is 2.25. The van der Waals surface area contributed by atoms with Crippen LogP contribution in [0, 0.1) is 5.92 Å². The average molecular weight is 232 g/mol. The molecule has 1 aromatic rings. The van der Waals surface area contributed by atoms with E-state index in [0.29, 0.717) is 0 Å². The van der Waals surface area contributed by atoms with E-state index in [0.717, 1.165) is 30.4 Å². The fourth-order valence-corrected chi connectivity index (χ4v) is 2.48.